The first-order valence-corrected chi connectivity index (χ1v) is 6.43. The number of aromatic nitrogens is 2. The van der Waals surface area contributed by atoms with Crippen LogP contribution in [0.5, 0.6) is 0 Å². The van der Waals surface area contributed by atoms with Gasteiger partial charge in [-0.05, 0) is 20.8 Å². The summed E-state index contributed by atoms with van der Waals surface area (Å²) in [5.41, 5.74) is -0.204. The van der Waals surface area contributed by atoms with Crippen LogP contribution < -0.4 is 0 Å². The van der Waals surface area contributed by atoms with Crippen LogP contribution in [-0.4, -0.2) is 27.1 Å². The molecule has 0 bridgehead atoms. The average molecular weight is 259 g/mol. The highest BCUT2D eigenvalue weighted by Gasteiger charge is 2.42. The highest BCUT2D eigenvalue weighted by atomic mass is 35.5. The largest absolute Gasteiger partial charge is 0.383 e. The van der Waals surface area contributed by atoms with Crippen LogP contribution in [0, 0.1) is 0 Å². The van der Waals surface area contributed by atoms with Crippen LogP contribution in [0.15, 0.2) is 6.20 Å². The Labute approximate surface area is 107 Å². The summed E-state index contributed by atoms with van der Waals surface area (Å²) >= 11 is 6.16. The Morgan fingerprint density at radius 3 is 2.65 bits per heavy atom. The van der Waals surface area contributed by atoms with Gasteiger partial charge in [0.15, 0.2) is 0 Å². The maximum Gasteiger partial charge on any atom is 0.113 e. The molecule has 0 radical (unpaired) electrons. The van der Waals surface area contributed by atoms with Gasteiger partial charge in [-0.15, -0.1) is 0 Å². The summed E-state index contributed by atoms with van der Waals surface area (Å²) in [4.78, 5) is 0. The van der Waals surface area contributed by atoms with Gasteiger partial charge in [-0.2, -0.15) is 5.10 Å². The minimum Gasteiger partial charge on any atom is -0.383 e. The van der Waals surface area contributed by atoms with Gasteiger partial charge in [-0.3, -0.25) is 4.68 Å². The molecule has 96 valence electrons. The Morgan fingerprint density at radius 1 is 1.53 bits per heavy atom. The topological polar surface area (TPSA) is 47.3 Å². The Kier molecular flexibility index (Phi) is 3.48. The summed E-state index contributed by atoms with van der Waals surface area (Å²) in [5, 5.41) is 15.6. The molecule has 1 aliphatic heterocycles. The van der Waals surface area contributed by atoms with Crippen LogP contribution in [0.3, 0.4) is 0 Å². The molecule has 4 nitrogen and oxygen atoms in total. The van der Waals surface area contributed by atoms with Gasteiger partial charge >= 0.3 is 0 Å². The van der Waals surface area contributed by atoms with Gasteiger partial charge in [0, 0.05) is 19.4 Å². The van der Waals surface area contributed by atoms with E-state index in [2.05, 4.69) is 5.10 Å². The average Bonchev–Trinajstić information content (AvgIpc) is 2.57. The molecule has 2 unspecified atom stereocenters. The maximum atomic E-state index is 10.8. The van der Waals surface area contributed by atoms with E-state index in [1.54, 1.807) is 10.9 Å². The molecule has 2 rings (SSSR count). The fourth-order valence-electron chi connectivity index (χ4n) is 2.79. The number of halogens is 1. The van der Waals surface area contributed by atoms with Crippen molar-refractivity contribution in [2.45, 2.75) is 58.0 Å². The van der Waals surface area contributed by atoms with Crippen molar-refractivity contribution in [3.63, 3.8) is 0 Å². The van der Waals surface area contributed by atoms with Crippen LogP contribution in [0.4, 0.5) is 0 Å². The summed E-state index contributed by atoms with van der Waals surface area (Å²) in [5.74, 6) is 0. The number of nitrogens with zero attached hydrogens (tertiary/aromatic N) is 2. The SMILES string of the molecule is CCn1ncc(Cl)c1C1(O)CC(C)OC(C)C1. The van der Waals surface area contributed by atoms with E-state index in [9.17, 15) is 5.11 Å². The molecule has 17 heavy (non-hydrogen) atoms. The van der Waals surface area contributed by atoms with Gasteiger partial charge in [-0.1, -0.05) is 11.6 Å². The van der Waals surface area contributed by atoms with Crippen molar-refractivity contribution in [2.75, 3.05) is 0 Å². The predicted molar refractivity (Wildman–Crippen MR) is 66.1 cm³/mol. The van der Waals surface area contributed by atoms with E-state index in [0.717, 1.165) is 5.69 Å². The fraction of sp³-hybridized carbons (Fsp3) is 0.750. The summed E-state index contributed by atoms with van der Waals surface area (Å²) in [6.07, 6.45) is 2.77. The lowest BCUT2D eigenvalue weighted by Crippen LogP contribution is -2.42. The molecule has 1 N–H and O–H groups in total. The van der Waals surface area contributed by atoms with Crippen LogP contribution in [0.2, 0.25) is 5.02 Å². The van der Waals surface area contributed by atoms with Crippen molar-refractivity contribution in [3.05, 3.63) is 16.9 Å². The first-order valence-electron chi connectivity index (χ1n) is 6.06. The van der Waals surface area contributed by atoms with E-state index in [-0.39, 0.29) is 12.2 Å². The Morgan fingerprint density at radius 2 is 2.12 bits per heavy atom. The molecule has 1 saturated heterocycles. The zero-order valence-electron chi connectivity index (χ0n) is 10.5. The Hall–Kier alpha value is -0.580. The van der Waals surface area contributed by atoms with E-state index >= 15 is 0 Å². The van der Waals surface area contributed by atoms with Gasteiger partial charge < -0.3 is 9.84 Å². The van der Waals surface area contributed by atoms with Gasteiger partial charge in [0.25, 0.3) is 0 Å². The van der Waals surface area contributed by atoms with Crippen molar-refractivity contribution in [3.8, 4) is 0 Å². The molecule has 0 aliphatic carbocycles. The van der Waals surface area contributed by atoms with E-state index in [4.69, 9.17) is 16.3 Å². The van der Waals surface area contributed by atoms with Crippen molar-refractivity contribution >= 4 is 11.6 Å². The molecule has 1 aliphatic rings. The second kappa shape index (κ2) is 4.59. The highest BCUT2D eigenvalue weighted by Crippen LogP contribution is 2.40. The van der Waals surface area contributed by atoms with Crippen molar-refractivity contribution in [1.29, 1.82) is 0 Å². The first kappa shape index (κ1) is 12.9. The van der Waals surface area contributed by atoms with Gasteiger partial charge in [0.1, 0.15) is 5.60 Å². The molecule has 1 aromatic rings. The molecule has 2 heterocycles. The lowest BCUT2D eigenvalue weighted by Gasteiger charge is -2.39. The number of rotatable bonds is 2. The normalized spacial score (nSPS) is 33.9. The Balaban J connectivity index is 2.39. The molecule has 5 heteroatoms. The quantitative estimate of drug-likeness (QED) is 0.886. The van der Waals surface area contributed by atoms with E-state index in [0.29, 0.717) is 24.4 Å². The molecule has 0 amide bonds. The van der Waals surface area contributed by atoms with Crippen LogP contribution in [0.1, 0.15) is 39.3 Å². The second-order valence-electron chi connectivity index (χ2n) is 4.85. The molecular weight excluding hydrogens is 240 g/mol. The highest BCUT2D eigenvalue weighted by molar-refractivity contribution is 6.31. The number of ether oxygens (including phenoxy) is 1. The molecule has 1 fully saturated rings. The second-order valence-corrected chi connectivity index (χ2v) is 5.26. The van der Waals surface area contributed by atoms with Crippen molar-refractivity contribution in [2.24, 2.45) is 0 Å². The fourth-order valence-corrected chi connectivity index (χ4v) is 3.10. The molecule has 0 aromatic carbocycles. The lowest BCUT2D eigenvalue weighted by molar-refractivity contribution is -0.139. The first-order chi connectivity index (χ1) is 7.96. The van der Waals surface area contributed by atoms with E-state index in [1.807, 2.05) is 20.8 Å². The van der Waals surface area contributed by atoms with Crippen LogP contribution in [0.25, 0.3) is 0 Å². The molecular formula is C12H19ClN2O2. The minimum atomic E-state index is -0.930. The number of aliphatic hydroxyl groups is 1. The monoisotopic (exact) mass is 258 g/mol. The lowest BCUT2D eigenvalue weighted by atomic mass is 9.84. The third-order valence-electron chi connectivity index (χ3n) is 3.25. The standard InChI is InChI=1S/C12H19ClN2O2/c1-4-15-11(10(13)7-14-15)12(16)5-8(2)17-9(3)6-12/h7-9,16H,4-6H2,1-3H3. The molecule has 1 aromatic heterocycles. The van der Waals surface area contributed by atoms with Crippen LogP contribution >= 0.6 is 11.6 Å². The summed E-state index contributed by atoms with van der Waals surface area (Å²) in [6, 6.07) is 0. The van der Waals surface area contributed by atoms with Gasteiger partial charge in [-0.25, -0.2) is 0 Å². The summed E-state index contributed by atoms with van der Waals surface area (Å²) in [7, 11) is 0. The minimum absolute atomic E-state index is 0.0278. The zero-order valence-corrected chi connectivity index (χ0v) is 11.2. The van der Waals surface area contributed by atoms with Crippen molar-refractivity contribution < 1.29 is 9.84 Å². The van der Waals surface area contributed by atoms with E-state index in [1.165, 1.54) is 0 Å². The molecule has 2 atom stereocenters. The van der Waals surface area contributed by atoms with Gasteiger partial charge in [0.2, 0.25) is 0 Å². The maximum absolute atomic E-state index is 10.8. The smallest absolute Gasteiger partial charge is 0.113 e. The third-order valence-corrected chi connectivity index (χ3v) is 3.53. The molecule has 0 saturated carbocycles. The number of hydrogen-bond acceptors (Lipinski definition) is 3. The predicted octanol–water partition coefficient (Wildman–Crippen LogP) is 2.33. The summed E-state index contributed by atoms with van der Waals surface area (Å²) in [6.45, 7) is 6.64. The summed E-state index contributed by atoms with van der Waals surface area (Å²) < 4.78 is 7.43. The van der Waals surface area contributed by atoms with Gasteiger partial charge in [0.05, 0.1) is 29.1 Å². The van der Waals surface area contributed by atoms with Crippen LogP contribution in [-0.2, 0) is 16.9 Å². The molecule has 0 spiro atoms. The third kappa shape index (κ3) is 2.34. The Bertz CT molecular complexity index is 395. The van der Waals surface area contributed by atoms with Crippen molar-refractivity contribution in [1.82, 2.24) is 9.78 Å². The van der Waals surface area contributed by atoms with E-state index < -0.39 is 5.60 Å². The number of aryl methyl sites for hydroxylation is 1. The number of hydrogen-bond donors (Lipinski definition) is 1. The zero-order chi connectivity index (χ0) is 12.6.